The molecular weight excluding hydrogens is 336 g/mol. The summed E-state index contributed by atoms with van der Waals surface area (Å²) in [5.74, 6) is 0.407. The van der Waals surface area contributed by atoms with E-state index in [4.69, 9.17) is 11.6 Å². The third-order valence-electron chi connectivity index (χ3n) is 4.68. The van der Waals surface area contributed by atoms with E-state index in [2.05, 4.69) is 28.3 Å². The molecule has 6 heteroatoms. The molecular formula is C19H25ClN4O. The highest BCUT2D eigenvalue weighted by molar-refractivity contribution is 6.30. The number of nitrogens with zero attached hydrogens (tertiary/aromatic N) is 3. The van der Waals surface area contributed by atoms with Crippen molar-refractivity contribution in [2.45, 2.75) is 26.2 Å². The Morgan fingerprint density at radius 3 is 3.00 bits per heavy atom. The van der Waals surface area contributed by atoms with Gasteiger partial charge < -0.3 is 10.2 Å². The summed E-state index contributed by atoms with van der Waals surface area (Å²) in [4.78, 5) is 14.8. The van der Waals surface area contributed by atoms with Crippen LogP contribution in [0.1, 0.15) is 35.9 Å². The number of carbonyl (C=O) groups is 1. The van der Waals surface area contributed by atoms with Crippen molar-refractivity contribution >= 4 is 23.2 Å². The van der Waals surface area contributed by atoms with E-state index < -0.39 is 0 Å². The Balaban J connectivity index is 1.53. The van der Waals surface area contributed by atoms with Crippen LogP contribution in [0.2, 0.25) is 5.02 Å². The molecule has 1 saturated heterocycles. The van der Waals surface area contributed by atoms with Gasteiger partial charge in [-0.1, -0.05) is 31.0 Å². The molecule has 0 radical (unpaired) electrons. The lowest BCUT2D eigenvalue weighted by Crippen LogP contribution is -2.32. The van der Waals surface area contributed by atoms with Gasteiger partial charge in [0, 0.05) is 37.4 Å². The van der Waals surface area contributed by atoms with E-state index >= 15 is 0 Å². The Morgan fingerprint density at radius 1 is 1.40 bits per heavy atom. The van der Waals surface area contributed by atoms with Gasteiger partial charge in [-0.2, -0.15) is 5.10 Å². The average molecular weight is 361 g/mol. The largest absolute Gasteiger partial charge is 0.371 e. The summed E-state index contributed by atoms with van der Waals surface area (Å²) < 4.78 is 1.67. The summed E-state index contributed by atoms with van der Waals surface area (Å²) in [5, 5.41) is 8.22. The van der Waals surface area contributed by atoms with Crippen LogP contribution in [0, 0.1) is 5.92 Å². The maximum absolute atomic E-state index is 12.4. The number of hydrogen-bond donors (Lipinski definition) is 1. The van der Waals surface area contributed by atoms with Gasteiger partial charge in [0.15, 0.2) is 0 Å². The molecule has 1 N–H and O–H groups in total. The maximum atomic E-state index is 12.4. The molecule has 1 aliphatic heterocycles. The van der Waals surface area contributed by atoms with E-state index in [1.807, 2.05) is 31.3 Å². The lowest BCUT2D eigenvalue weighted by molar-refractivity contribution is 0.0939. The Hall–Kier alpha value is -2.01. The van der Waals surface area contributed by atoms with Gasteiger partial charge in [0.2, 0.25) is 0 Å². The quantitative estimate of drug-likeness (QED) is 0.860. The second kappa shape index (κ2) is 7.91. The first-order valence-electron chi connectivity index (χ1n) is 8.88. The van der Waals surface area contributed by atoms with Crippen LogP contribution in [0.3, 0.4) is 0 Å². The van der Waals surface area contributed by atoms with Crippen molar-refractivity contribution in [3.8, 4) is 0 Å². The van der Waals surface area contributed by atoms with E-state index in [-0.39, 0.29) is 5.91 Å². The molecule has 5 nitrogen and oxygen atoms in total. The number of rotatable bonds is 6. The molecule has 0 bridgehead atoms. The fourth-order valence-electron chi connectivity index (χ4n) is 3.35. The third-order valence-corrected chi connectivity index (χ3v) is 4.91. The molecule has 2 heterocycles. The standard InChI is InChI=1S/C19H25ClN4O/c1-3-5-16-11-18(23(2)22-16)19(25)21-12-14-8-9-24(13-14)17-7-4-6-15(20)10-17/h4,6-7,10-11,14H,3,5,8-9,12-13H2,1-2H3,(H,21,25)/t14-/m0/s1. The molecule has 1 fully saturated rings. The van der Waals surface area contributed by atoms with Gasteiger partial charge in [-0.3, -0.25) is 9.48 Å². The van der Waals surface area contributed by atoms with Crippen molar-refractivity contribution in [3.63, 3.8) is 0 Å². The van der Waals surface area contributed by atoms with Crippen molar-refractivity contribution in [3.05, 3.63) is 46.7 Å². The number of benzene rings is 1. The Kier molecular flexibility index (Phi) is 5.63. The van der Waals surface area contributed by atoms with Crippen molar-refractivity contribution in [2.24, 2.45) is 13.0 Å². The lowest BCUT2D eigenvalue weighted by atomic mass is 10.1. The molecule has 1 aromatic heterocycles. The predicted molar refractivity (Wildman–Crippen MR) is 101 cm³/mol. The molecule has 0 unspecified atom stereocenters. The number of aryl methyl sites for hydroxylation is 2. The van der Waals surface area contributed by atoms with Gasteiger partial charge in [0.25, 0.3) is 5.91 Å². The fraction of sp³-hybridized carbons (Fsp3) is 0.474. The minimum atomic E-state index is -0.0430. The Bertz CT molecular complexity index is 743. The van der Waals surface area contributed by atoms with Crippen LogP contribution in [-0.4, -0.2) is 35.3 Å². The molecule has 1 amide bonds. The van der Waals surface area contributed by atoms with Crippen molar-refractivity contribution < 1.29 is 4.79 Å². The average Bonchev–Trinajstić information content (AvgIpc) is 3.20. The summed E-state index contributed by atoms with van der Waals surface area (Å²) >= 11 is 6.08. The van der Waals surface area contributed by atoms with Crippen molar-refractivity contribution in [1.29, 1.82) is 0 Å². The highest BCUT2D eigenvalue weighted by Gasteiger charge is 2.24. The first kappa shape index (κ1) is 17.8. The lowest BCUT2D eigenvalue weighted by Gasteiger charge is -2.19. The smallest absolute Gasteiger partial charge is 0.269 e. The molecule has 0 spiro atoms. The second-order valence-corrected chi connectivity index (χ2v) is 7.12. The zero-order valence-electron chi connectivity index (χ0n) is 14.8. The Labute approximate surface area is 154 Å². The van der Waals surface area contributed by atoms with E-state index in [1.54, 1.807) is 4.68 Å². The van der Waals surface area contributed by atoms with Gasteiger partial charge in [-0.25, -0.2) is 0 Å². The van der Waals surface area contributed by atoms with Crippen LogP contribution >= 0.6 is 11.6 Å². The number of amides is 1. The number of halogens is 1. The molecule has 1 atom stereocenters. The highest BCUT2D eigenvalue weighted by Crippen LogP contribution is 2.25. The van der Waals surface area contributed by atoms with E-state index in [9.17, 15) is 4.79 Å². The van der Waals surface area contributed by atoms with E-state index in [0.29, 0.717) is 18.2 Å². The highest BCUT2D eigenvalue weighted by atomic mass is 35.5. The number of hydrogen-bond acceptors (Lipinski definition) is 3. The molecule has 0 saturated carbocycles. The van der Waals surface area contributed by atoms with Gasteiger partial charge in [0.1, 0.15) is 5.69 Å². The van der Waals surface area contributed by atoms with Crippen LogP contribution < -0.4 is 10.2 Å². The number of anilines is 1. The van der Waals surface area contributed by atoms with E-state index in [0.717, 1.165) is 48.8 Å². The molecule has 1 aromatic carbocycles. The van der Waals surface area contributed by atoms with Gasteiger partial charge in [0.05, 0.1) is 5.69 Å². The normalized spacial score (nSPS) is 17.1. The molecule has 25 heavy (non-hydrogen) atoms. The monoisotopic (exact) mass is 360 g/mol. The molecule has 134 valence electrons. The summed E-state index contributed by atoms with van der Waals surface area (Å²) in [6.07, 6.45) is 3.00. The van der Waals surface area contributed by atoms with Gasteiger partial charge >= 0.3 is 0 Å². The van der Waals surface area contributed by atoms with Crippen LogP contribution in [0.4, 0.5) is 5.69 Å². The second-order valence-electron chi connectivity index (χ2n) is 6.69. The minimum absolute atomic E-state index is 0.0430. The predicted octanol–water partition coefficient (Wildman–Crippen LogP) is 3.28. The van der Waals surface area contributed by atoms with Crippen molar-refractivity contribution in [2.75, 3.05) is 24.5 Å². The van der Waals surface area contributed by atoms with Gasteiger partial charge in [-0.05, 0) is 43.0 Å². The summed E-state index contributed by atoms with van der Waals surface area (Å²) in [6.45, 7) is 4.73. The molecule has 0 aliphatic carbocycles. The summed E-state index contributed by atoms with van der Waals surface area (Å²) in [6, 6.07) is 9.83. The summed E-state index contributed by atoms with van der Waals surface area (Å²) in [5.41, 5.74) is 2.76. The van der Waals surface area contributed by atoms with Crippen LogP contribution in [0.25, 0.3) is 0 Å². The summed E-state index contributed by atoms with van der Waals surface area (Å²) in [7, 11) is 1.82. The Morgan fingerprint density at radius 2 is 2.24 bits per heavy atom. The first-order valence-corrected chi connectivity index (χ1v) is 9.26. The van der Waals surface area contributed by atoms with Crippen LogP contribution in [0.5, 0.6) is 0 Å². The fourth-order valence-corrected chi connectivity index (χ4v) is 3.54. The SMILES string of the molecule is CCCc1cc(C(=O)NC[C@@H]2CCN(c3cccc(Cl)c3)C2)n(C)n1. The van der Waals surface area contributed by atoms with E-state index in [1.165, 1.54) is 0 Å². The van der Waals surface area contributed by atoms with Crippen LogP contribution in [-0.2, 0) is 13.5 Å². The molecule has 1 aliphatic rings. The third kappa shape index (κ3) is 4.34. The topological polar surface area (TPSA) is 50.2 Å². The number of carbonyl (C=O) groups excluding carboxylic acids is 1. The zero-order valence-corrected chi connectivity index (χ0v) is 15.6. The number of aromatic nitrogens is 2. The maximum Gasteiger partial charge on any atom is 0.269 e. The zero-order chi connectivity index (χ0) is 17.8. The first-order chi connectivity index (χ1) is 12.1. The van der Waals surface area contributed by atoms with Gasteiger partial charge in [-0.15, -0.1) is 0 Å². The molecule has 3 rings (SSSR count). The molecule has 2 aromatic rings. The minimum Gasteiger partial charge on any atom is -0.371 e. The number of nitrogens with one attached hydrogen (secondary N) is 1. The van der Waals surface area contributed by atoms with Crippen LogP contribution in [0.15, 0.2) is 30.3 Å². The van der Waals surface area contributed by atoms with Crippen molar-refractivity contribution in [1.82, 2.24) is 15.1 Å².